The molecule has 31 heavy (non-hydrogen) atoms. The van der Waals surface area contributed by atoms with Gasteiger partial charge in [-0.3, -0.25) is 9.59 Å². The highest BCUT2D eigenvalue weighted by molar-refractivity contribution is 5.97. The van der Waals surface area contributed by atoms with Crippen LogP contribution in [0.2, 0.25) is 0 Å². The Kier molecular flexibility index (Phi) is 5.84. The summed E-state index contributed by atoms with van der Waals surface area (Å²) >= 11 is 0. The normalized spacial score (nSPS) is 16.2. The molecule has 1 N–H and O–H groups in total. The lowest BCUT2D eigenvalue weighted by atomic mass is 9.96. The predicted octanol–water partition coefficient (Wildman–Crippen LogP) is 4.59. The monoisotopic (exact) mass is 421 g/mol. The number of aromatic nitrogens is 1. The van der Waals surface area contributed by atoms with Gasteiger partial charge in [0.2, 0.25) is 5.91 Å². The van der Waals surface area contributed by atoms with Crippen molar-refractivity contribution in [1.29, 1.82) is 0 Å². The summed E-state index contributed by atoms with van der Waals surface area (Å²) in [5.74, 6) is -0.361. The molecule has 1 fully saturated rings. The quantitative estimate of drug-likeness (QED) is 0.669. The molecule has 2 aromatic carbocycles. The Bertz CT molecular complexity index is 1090. The number of nitrogens with zero attached hydrogens (tertiary/aromatic N) is 2. The number of amides is 2. The summed E-state index contributed by atoms with van der Waals surface area (Å²) < 4.78 is 18.3. The summed E-state index contributed by atoms with van der Waals surface area (Å²) in [6.07, 6.45) is 1.47. The summed E-state index contributed by atoms with van der Waals surface area (Å²) in [6, 6.07) is 13.7. The lowest BCUT2D eigenvalue weighted by Crippen LogP contribution is -2.44. The zero-order chi connectivity index (χ0) is 22.0. The summed E-state index contributed by atoms with van der Waals surface area (Å²) in [6.45, 7) is 4.42. The third kappa shape index (κ3) is 4.50. The zero-order valence-corrected chi connectivity index (χ0v) is 17.5. The van der Waals surface area contributed by atoms with Crippen LogP contribution in [0, 0.1) is 25.6 Å². The summed E-state index contributed by atoms with van der Waals surface area (Å²) in [5.41, 5.74) is 3.46. The number of halogens is 1. The minimum atomic E-state index is -0.298. The number of carbonyl (C=O) groups excluding carboxylic acids is 2. The third-order valence-electron chi connectivity index (χ3n) is 5.63. The molecule has 3 aromatic rings. The van der Waals surface area contributed by atoms with Crippen LogP contribution in [0.25, 0.3) is 11.1 Å². The van der Waals surface area contributed by atoms with Gasteiger partial charge in [-0.05, 0) is 62.1 Å². The molecule has 160 valence electrons. The standard InChI is InChI=1S/C24H24FN3O3/c1-15-22(16(2)31-27-15)24(30)28-12-4-6-19(14-28)23(29)26-21-7-3-5-18(13-21)17-8-10-20(25)11-9-17/h3,5,7-11,13,19H,4,6,12,14H2,1-2H3,(H,26,29)/t19-/m1/s1. The number of hydrogen-bond acceptors (Lipinski definition) is 4. The van der Waals surface area contributed by atoms with E-state index in [1.165, 1.54) is 12.1 Å². The maximum Gasteiger partial charge on any atom is 0.259 e. The Morgan fingerprint density at radius 1 is 1.13 bits per heavy atom. The average Bonchev–Trinajstić information content (AvgIpc) is 3.12. The number of hydrogen-bond donors (Lipinski definition) is 1. The van der Waals surface area contributed by atoms with Crippen molar-refractivity contribution in [2.24, 2.45) is 5.92 Å². The molecule has 4 rings (SSSR count). The fourth-order valence-electron chi connectivity index (χ4n) is 3.99. The van der Waals surface area contributed by atoms with E-state index < -0.39 is 0 Å². The number of rotatable bonds is 4. The third-order valence-corrected chi connectivity index (χ3v) is 5.63. The van der Waals surface area contributed by atoms with Crippen molar-refractivity contribution in [2.75, 3.05) is 18.4 Å². The van der Waals surface area contributed by atoms with Crippen molar-refractivity contribution in [3.8, 4) is 11.1 Å². The van der Waals surface area contributed by atoms with Crippen LogP contribution in [0.4, 0.5) is 10.1 Å². The highest BCUT2D eigenvalue weighted by atomic mass is 19.1. The van der Waals surface area contributed by atoms with Gasteiger partial charge in [-0.1, -0.05) is 29.4 Å². The van der Waals surface area contributed by atoms with Crippen LogP contribution in [0.15, 0.2) is 53.1 Å². The molecule has 1 aromatic heterocycles. The van der Waals surface area contributed by atoms with Crippen molar-refractivity contribution >= 4 is 17.5 Å². The molecule has 6 nitrogen and oxygen atoms in total. The number of nitrogens with one attached hydrogen (secondary N) is 1. The van der Waals surface area contributed by atoms with E-state index in [1.807, 2.05) is 24.3 Å². The molecule has 0 aliphatic carbocycles. The molecule has 0 unspecified atom stereocenters. The average molecular weight is 421 g/mol. The van der Waals surface area contributed by atoms with E-state index in [9.17, 15) is 14.0 Å². The van der Waals surface area contributed by atoms with E-state index in [2.05, 4.69) is 10.5 Å². The van der Waals surface area contributed by atoms with Gasteiger partial charge in [-0.2, -0.15) is 0 Å². The first-order valence-corrected chi connectivity index (χ1v) is 10.3. The number of aryl methyl sites for hydroxylation is 2. The Balaban J connectivity index is 1.44. The zero-order valence-electron chi connectivity index (χ0n) is 17.5. The molecule has 0 radical (unpaired) electrons. The molecule has 1 saturated heterocycles. The largest absolute Gasteiger partial charge is 0.361 e. The van der Waals surface area contributed by atoms with Crippen LogP contribution >= 0.6 is 0 Å². The molecule has 1 aliphatic heterocycles. The Hall–Kier alpha value is -3.48. The van der Waals surface area contributed by atoms with Gasteiger partial charge in [0.25, 0.3) is 5.91 Å². The van der Waals surface area contributed by atoms with Gasteiger partial charge in [0.1, 0.15) is 17.1 Å². The molecule has 1 aliphatic rings. The van der Waals surface area contributed by atoms with Crippen molar-refractivity contribution < 1.29 is 18.5 Å². The molecule has 0 saturated carbocycles. The highest BCUT2D eigenvalue weighted by Gasteiger charge is 2.31. The molecule has 2 amide bonds. The number of benzene rings is 2. The van der Waals surface area contributed by atoms with Crippen LogP contribution in [-0.2, 0) is 4.79 Å². The second-order valence-corrected chi connectivity index (χ2v) is 7.87. The lowest BCUT2D eigenvalue weighted by molar-refractivity contribution is -0.121. The lowest BCUT2D eigenvalue weighted by Gasteiger charge is -2.32. The second kappa shape index (κ2) is 8.71. The van der Waals surface area contributed by atoms with Crippen molar-refractivity contribution in [3.05, 3.63) is 71.4 Å². The Morgan fingerprint density at radius 3 is 2.61 bits per heavy atom. The maximum absolute atomic E-state index is 13.2. The molecule has 0 spiro atoms. The number of likely N-dealkylation sites (tertiary alicyclic amines) is 1. The first-order chi connectivity index (χ1) is 14.9. The van der Waals surface area contributed by atoms with Crippen LogP contribution in [0.1, 0.15) is 34.7 Å². The summed E-state index contributed by atoms with van der Waals surface area (Å²) in [5, 5.41) is 6.83. The smallest absolute Gasteiger partial charge is 0.259 e. The predicted molar refractivity (Wildman–Crippen MR) is 115 cm³/mol. The number of piperidine rings is 1. The maximum atomic E-state index is 13.2. The highest BCUT2D eigenvalue weighted by Crippen LogP contribution is 2.25. The summed E-state index contributed by atoms with van der Waals surface area (Å²) in [4.78, 5) is 27.5. The molecular weight excluding hydrogens is 397 g/mol. The first kappa shape index (κ1) is 20.8. The van der Waals surface area contributed by atoms with E-state index in [-0.39, 0.29) is 23.5 Å². The minimum absolute atomic E-state index is 0.118. The van der Waals surface area contributed by atoms with Crippen LogP contribution in [0.5, 0.6) is 0 Å². The minimum Gasteiger partial charge on any atom is -0.361 e. The van der Waals surface area contributed by atoms with Crippen molar-refractivity contribution in [3.63, 3.8) is 0 Å². The molecule has 0 bridgehead atoms. The van der Waals surface area contributed by atoms with Crippen LogP contribution in [-0.4, -0.2) is 35.0 Å². The first-order valence-electron chi connectivity index (χ1n) is 10.3. The van der Waals surface area contributed by atoms with Gasteiger partial charge in [0.05, 0.1) is 11.6 Å². The van der Waals surface area contributed by atoms with Crippen molar-refractivity contribution in [2.45, 2.75) is 26.7 Å². The van der Waals surface area contributed by atoms with Crippen LogP contribution < -0.4 is 5.32 Å². The Morgan fingerprint density at radius 2 is 1.90 bits per heavy atom. The number of anilines is 1. The van der Waals surface area contributed by atoms with Crippen LogP contribution in [0.3, 0.4) is 0 Å². The molecule has 2 heterocycles. The van der Waals surface area contributed by atoms with Gasteiger partial charge in [0, 0.05) is 18.8 Å². The molecule has 7 heteroatoms. The fraction of sp³-hybridized carbons (Fsp3) is 0.292. The topological polar surface area (TPSA) is 75.4 Å². The van der Waals surface area contributed by atoms with Gasteiger partial charge >= 0.3 is 0 Å². The van der Waals surface area contributed by atoms with Gasteiger partial charge < -0.3 is 14.7 Å². The van der Waals surface area contributed by atoms with Gasteiger partial charge in [-0.25, -0.2) is 4.39 Å². The van der Waals surface area contributed by atoms with E-state index in [0.717, 1.165) is 24.0 Å². The Labute approximate surface area is 180 Å². The van der Waals surface area contributed by atoms with E-state index in [1.54, 1.807) is 30.9 Å². The SMILES string of the molecule is Cc1noc(C)c1C(=O)N1CCC[C@@H](C(=O)Nc2cccc(-c3ccc(F)cc3)c2)C1. The molecular formula is C24H24FN3O3. The second-order valence-electron chi connectivity index (χ2n) is 7.87. The van der Waals surface area contributed by atoms with E-state index in [4.69, 9.17) is 4.52 Å². The van der Waals surface area contributed by atoms with Crippen molar-refractivity contribution in [1.82, 2.24) is 10.1 Å². The van der Waals surface area contributed by atoms with E-state index >= 15 is 0 Å². The van der Waals surface area contributed by atoms with Gasteiger partial charge in [-0.15, -0.1) is 0 Å². The van der Waals surface area contributed by atoms with Gasteiger partial charge in [0.15, 0.2) is 0 Å². The van der Waals surface area contributed by atoms with E-state index in [0.29, 0.717) is 35.8 Å². The number of carbonyl (C=O) groups is 2. The molecule has 1 atom stereocenters. The fourth-order valence-corrected chi connectivity index (χ4v) is 3.99. The summed E-state index contributed by atoms with van der Waals surface area (Å²) in [7, 11) is 0.